The second-order valence-corrected chi connectivity index (χ2v) is 3.02. The van der Waals surface area contributed by atoms with Crippen LogP contribution in [0.4, 0.5) is 5.82 Å². The number of ether oxygens (including phenoxy) is 1. The zero-order valence-corrected chi connectivity index (χ0v) is 8.70. The molecule has 2 unspecified atom stereocenters. The first-order valence-corrected chi connectivity index (χ1v) is 4.68. The summed E-state index contributed by atoms with van der Waals surface area (Å²) in [5.41, 5.74) is 5.35. The highest BCUT2D eigenvalue weighted by atomic mass is 16.5. The first-order chi connectivity index (χ1) is 7.56. The van der Waals surface area contributed by atoms with Gasteiger partial charge in [-0.1, -0.05) is 0 Å². The Morgan fingerprint density at radius 1 is 1.50 bits per heavy atom. The predicted molar refractivity (Wildman–Crippen MR) is 54.0 cm³/mol. The van der Waals surface area contributed by atoms with Crippen LogP contribution < -0.4 is 5.73 Å². The number of esters is 1. The lowest BCUT2D eigenvalue weighted by Gasteiger charge is -2.15. The van der Waals surface area contributed by atoms with Crippen LogP contribution in [0.1, 0.15) is 18.7 Å². The van der Waals surface area contributed by atoms with Crippen LogP contribution in [0.15, 0.2) is 12.1 Å². The molecule has 0 aliphatic carbocycles. The third-order valence-corrected chi connectivity index (χ3v) is 1.84. The van der Waals surface area contributed by atoms with E-state index in [9.17, 15) is 15.0 Å². The van der Waals surface area contributed by atoms with Crippen LogP contribution in [-0.2, 0) is 9.53 Å². The Bertz CT molecular complexity index is 354. The Balaban J connectivity index is 2.73. The molecule has 0 radical (unpaired) electrons. The predicted octanol–water partition coefficient (Wildman–Crippen LogP) is -0.984. The summed E-state index contributed by atoms with van der Waals surface area (Å²) in [5, 5.41) is 26.0. The fourth-order valence-electron chi connectivity index (χ4n) is 1.03. The molecule has 7 nitrogen and oxygen atoms in total. The van der Waals surface area contributed by atoms with Gasteiger partial charge in [-0.25, -0.2) is 4.79 Å². The third kappa shape index (κ3) is 2.88. The molecule has 0 aromatic carbocycles. The van der Waals surface area contributed by atoms with E-state index in [-0.39, 0.29) is 18.1 Å². The van der Waals surface area contributed by atoms with Crippen molar-refractivity contribution in [3.8, 4) is 0 Å². The van der Waals surface area contributed by atoms with Crippen LogP contribution in [-0.4, -0.2) is 39.1 Å². The lowest BCUT2D eigenvalue weighted by Crippen LogP contribution is -2.30. The number of hydrogen-bond donors (Lipinski definition) is 3. The number of nitrogen functional groups attached to an aromatic ring is 1. The van der Waals surface area contributed by atoms with Gasteiger partial charge < -0.3 is 20.7 Å². The van der Waals surface area contributed by atoms with Crippen molar-refractivity contribution in [2.45, 2.75) is 19.1 Å². The minimum atomic E-state index is -1.68. The van der Waals surface area contributed by atoms with Gasteiger partial charge in [-0.3, -0.25) is 0 Å². The largest absolute Gasteiger partial charge is 0.464 e. The average molecular weight is 227 g/mol. The molecule has 0 saturated heterocycles. The molecular formula is C9H13N3O4. The number of rotatable bonds is 4. The fourth-order valence-corrected chi connectivity index (χ4v) is 1.03. The summed E-state index contributed by atoms with van der Waals surface area (Å²) in [6.45, 7) is 1.72. The summed E-state index contributed by atoms with van der Waals surface area (Å²) in [4.78, 5) is 11.1. The standard InChI is InChI=1S/C9H13N3O4/c1-2-16-9(15)8(14)7(13)5-3-4-6(10)12-11-5/h3-4,7-8,13-14H,2H2,1H3,(H2,10,12). The average Bonchev–Trinajstić information content (AvgIpc) is 2.28. The van der Waals surface area contributed by atoms with E-state index in [1.165, 1.54) is 12.1 Å². The number of aromatic nitrogens is 2. The second-order valence-electron chi connectivity index (χ2n) is 3.02. The van der Waals surface area contributed by atoms with E-state index in [0.29, 0.717) is 0 Å². The molecule has 2 atom stereocenters. The lowest BCUT2D eigenvalue weighted by molar-refractivity contribution is -0.159. The van der Waals surface area contributed by atoms with E-state index < -0.39 is 18.2 Å². The highest BCUT2D eigenvalue weighted by Gasteiger charge is 2.28. The molecule has 1 rings (SSSR count). The van der Waals surface area contributed by atoms with Crippen LogP contribution >= 0.6 is 0 Å². The normalized spacial score (nSPS) is 14.2. The van der Waals surface area contributed by atoms with Crippen molar-refractivity contribution in [1.29, 1.82) is 0 Å². The summed E-state index contributed by atoms with van der Waals surface area (Å²) < 4.78 is 4.55. The Morgan fingerprint density at radius 3 is 2.69 bits per heavy atom. The molecule has 1 aromatic rings. The molecule has 88 valence electrons. The molecule has 0 saturated carbocycles. The van der Waals surface area contributed by atoms with Crippen molar-refractivity contribution in [3.63, 3.8) is 0 Å². The Hall–Kier alpha value is -1.73. The number of hydrogen-bond acceptors (Lipinski definition) is 7. The molecule has 0 bridgehead atoms. The van der Waals surface area contributed by atoms with Crippen molar-refractivity contribution in [2.24, 2.45) is 0 Å². The third-order valence-electron chi connectivity index (χ3n) is 1.84. The molecule has 7 heteroatoms. The SMILES string of the molecule is CCOC(=O)C(O)C(O)c1ccc(N)nn1. The first kappa shape index (κ1) is 12.3. The van der Waals surface area contributed by atoms with Gasteiger partial charge in [0, 0.05) is 0 Å². The molecule has 0 spiro atoms. The summed E-state index contributed by atoms with van der Waals surface area (Å²) in [6.07, 6.45) is -3.16. The molecule has 0 amide bonds. The van der Waals surface area contributed by atoms with E-state index in [0.717, 1.165) is 0 Å². The van der Waals surface area contributed by atoms with Gasteiger partial charge in [0.05, 0.1) is 12.3 Å². The van der Waals surface area contributed by atoms with Gasteiger partial charge in [0.1, 0.15) is 11.9 Å². The molecule has 16 heavy (non-hydrogen) atoms. The molecule has 1 heterocycles. The Morgan fingerprint density at radius 2 is 2.19 bits per heavy atom. The first-order valence-electron chi connectivity index (χ1n) is 4.68. The fraction of sp³-hybridized carbons (Fsp3) is 0.444. The highest BCUT2D eigenvalue weighted by Crippen LogP contribution is 2.15. The number of aliphatic hydroxyl groups is 2. The highest BCUT2D eigenvalue weighted by molar-refractivity contribution is 5.75. The van der Waals surface area contributed by atoms with E-state index in [4.69, 9.17) is 5.73 Å². The summed E-state index contributed by atoms with van der Waals surface area (Å²) >= 11 is 0. The van der Waals surface area contributed by atoms with Crippen molar-refractivity contribution < 1.29 is 19.7 Å². The maximum Gasteiger partial charge on any atom is 0.338 e. The molecule has 4 N–H and O–H groups in total. The van der Waals surface area contributed by atoms with Crippen LogP contribution in [0, 0.1) is 0 Å². The van der Waals surface area contributed by atoms with Crippen molar-refractivity contribution in [2.75, 3.05) is 12.3 Å². The number of aliphatic hydroxyl groups excluding tert-OH is 2. The number of nitrogens with two attached hydrogens (primary N) is 1. The number of nitrogens with zero attached hydrogens (tertiary/aromatic N) is 2. The Kier molecular flexibility index (Phi) is 4.15. The number of carbonyl (C=O) groups excluding carboxylic acids is 1. The van der Waals surface area contributed by atoms with Gasteiger partial charge in [0.2, 0.25) is 0 Å². The zero-order valence-electron chi connectivity index (χ0n) is 8.70. The molecule has 0 fully saturated rings. The van der Waals surface area contributed by atoms with Gasteiger partial charge in [0.15, 0.2) is 6.10 Å². The summed E-state index contributed by atoms with van der Waals surface area (Å²) in [7, 11) is 0. The summed E-state index contributed by atoms with van der Waals surface area (Å²) in [5.74, 6) is -0.727. The smallest absolute Gasteiger partial charge is 0.338 e. The second kappa shape index (κ2) is 5.38. The van der Waals surface area contributed by atoms with Crippen molar-refractivity contribution in [1.82, 2.24) is 10.2 Å². The van der Waals surface area contributed by atoms with Gasteiger partial charge in [-0.05, 0) is 19.1 Å². The van der Waals surface area contributed by atoms with Crippen LogP contribution in [0.25, 0.3) is 0 Å². The van der Waals surface area contributed by atoms with Gasteiger partial charge in [-0.2, -0.15) is 5.10 Å². The van der Waals surface area contributed by atoms with Crippen LogP contribution in [0.2, 0.25) is 0 Å². The van der Waals surface area contributed by atoms with Crippen molar-refractivity contribution in [3.05, 3.63) is 17.8 Å². The van der Waals surface area contributed by atoms with E-state index in [1.54, 1.807) is 6.92 Å². The topological polar surface area (TPSA) is 119 Å². The molecule has 1 aromatic heterocycles. The van der Waals surface area contributed by atoms with E-state index in [1.807, 2.05) is 0 Å². The van der Waals surface area contributed by atoms with Crippen molar-refractivity contribution >= 4 is 11.8 Å². The van der Waals surface area contributed by atoms with Crippen LogP contribution in [0.3, 0.4) is 0 Å². The zero-order chi connectivity index (χ0) is 12.1. The monoisotopic (exact) mass is 227 g/mol. The number of carbonyl (C=O) groups is 1. The number of anilines is 1. The van der Waals surface area contributed by atoms with Gasteiger partial charge in [-0.15, -0.1) is 5.10 Å². The minimum Gasteiger partial charge on any atom is -0.464 e. The van der Waals surface area contributed by atoms with Gasteiger partial charge in [0.25, 0.3) is 0 Å². The molecule has 0 aliphatic heterocycles. The quantitative estimate of drug-likeness (QED) is 0.565. The minimum absolute atomic E-state index is 0.0507. The Labute approximate surface area is 91.9 Å². The van der Waals surface area contributed by atoms with Crippen LogP contribution in [0.5, 0.6) is 0 Å². The lowest BCUT2D eigenvalue weighted by atomic mass is 10.1. The summed E-state index contributed by atoms with van der Waals surface area (Å²) in [6, 6.07) is 2.78. The van der Waals surface area contributed by atoms with E-state index in [2.05, 4.69) is 14.9 Å². The maximum absolute atomic E-state index is 11.1. The molecule has 0 aliphatic rings. The molecular weight excluding hydrogens is 214 g/mol. The maximum atomic E-state index is 11.1. The van der Waals surface area contributed by atoms with Gasteiger partial charge >= 0.3 is 5.97 Å². The van der Waals surface area contributed by atoms with E-state index >= 15 is 0 Å².